The van der Waals surface area contributed by atoms with E-state index in [0.29, 0.717) is 11.8 Å². The molecule has 3 N–H and O–H groups in total. The molecule has 25 heavy (non-hydrogen) atoms. The number of ether oxygens (including phenoxy) is 2. The zero-order chi connectivity index (χ0) is 18.6. The van der Waals surface area contributed by atoms with Crippen molar-refractivity contribution in [2.24, 2.45) is 23.7 Å². The molecule has 4 fully saturated rings. The van der Waals surface area contributed by atoms with E-state index in [4.69, 9.17) is 24.9 Å². The number of carbonyl (C=O) groups is 3. The Labute approximate surface area is 146 Å². The van der Waals surface area contributed by atoms with Crippen LogP contribution in [0, 0.1) is 23.7 Å². The molecule has 142 valence electrons. The molecule has 0 aromatic rings. The molecule has 0 amide bonds. The standard InChI is InChI=1S/C15H22O5.C2H4O3/c1-15(20-14(18)8-19-13(17)7-16)11-3-9-2-10(5-11)6-12(15)4-9;3-1-2(4)5/h9-12,16H,2-8H2,1H3;3H,1H2,(H,4,5). The lowest BCUT2D eigenvalue weighted by Crippen LogP contribution is -2.58. The smallest absolute Gasteiger partial charge is 0.344 e. The molecule has 0 unspecified atom stereocenters. The fourth-order valence-corrected chi connectivity index (χ4v) is 4.75. The van der Waals surface area contributed by atoms with E-state index in [9.17, 15) is 9.59 Å². The first kappa shape index (κ1) is 19.7. The Bertz CT molecular complexity index is 487. The van der Waals surface area contributed by atoms with E-state index in [0.717, 1.165) is 37.5 Å². The number of aliphatic hydroxyl groups excluding tert-OH is 2. The molecule has 0 atom stereocenters. The van der Waals surface area contributed by atoms with Gasteiger partial charge in [0.1, 0.15) is 18.8 Å². The largest absolute Gasteiger partial charge is 0.480 e. The second-order valence-corrected chi connectivity index (χ2v) is 7.33. The number of carboxylic acids is 1. The molecule has 0 aliphatic heterocycles. The Balaban J connectivity index is 0.000000399. The second kappa shape index (κ2) is 8.14. The number of aliphatic carboxylic acids is 1. The maximum atomic E-state index is 11.9. The molecule has 4 aliphatic carbocycles. The van der Waals surface area contributed by atoms with E-state index in [1.54, 1.807) is 0 Å². The predicted molar refractivity (Wildman–Crippen MR) is 84.3 cm³/mol. The predicted octanol–water partition coefficient (Wildman–Crippen LogP) is 0.343. The van der Waals surface area contributed by atoms with Gasteiger partial charge in [-0.25, -0.2) is 14.4 Å². The molecule has 4 saturated carbocycles. The third-order valence-electron chi connectivity index (χ3n) is 5.71. The van der Waals surface area contributed by atoms with Crippen LogP contribution in [0.15, 0.2) is 0 Å². The Morgan fingerprint density at radius 1 is 0.920 bits per heavy atom. The molecule has 0 aromatic carbocycles. The summed E-state index contributed by atoms with van der Waals surface area (Å²) in [7, 11) is 0. The quantitative estimate of drug-likeness (QED) is 0.600. The number of esters is 2. The third-order valence-corrected chi connectivity index (χ3v) is 5.71. The first-order chi connectivity index (χ1) is 11.8. The van der Waals surface area contributed by atoms with Gasteiger partial charge in [0, 0.05) is 0 Å². The summed E-state index contributed by atoms with van der Waals surface area (Å²) in [5.74, 6) is 0.0597. The highest BCUT2D eigenvalue weighted by molar-refractivity contribution is 5.77. The lowest BCUT2D eigenvalue weighted by molar-refractivity contribution is -0.207. The van der Waals surface area contributed by atoms with Gasteiger partial charge in [-0.3, -0.25) is 0 Å². The lowest BCUT2D eigenvalue weighted by Gasteiger charge is -2.59. The summed E-state index contributed by atoms with van der Waals surface area (Å²) in [6.45, 7) is 0.159. The van der Waals surface area contributed by atoms with Gasteiger partial charge in [-0.1, -0.05) is 0 Å². The first-order valence-electron chi connectivity index (χ1n) is 8.59. The molecule has 0 heterocycles. The first-order valence-corrected chi connectivity index (χ1v) is 8.59. The van der Waals surface area contributed by atoms with Gasteiger partial charge in [0.25, 0.3) is 0 Å². The van der Waals surface area contributed by atoms with E-state index in [2.05, 4.69) is 4.74 Å². The van der Waals surface area contributed by atoms with Gasteiger partial charge in [-0.15, -0.1) is 0 Å². The van der Waals surface area contributed by atoms with Crippen molar-refractivity contribution in [3.8, 4) is 0 Å². The fraction of sp³-hybridized carbons (Fsp3) is 0.824. The van der Waals surface area contributed by atoms with E-state index in [-0.39, 0.29) is 0 Å². The van der Waals surface area contributed by atoms with Crippen molar-refractivity contribution >= 4 is 17.9 Å². The Hall–Kier alpha value is -1.67. The monoisotopic (exact) mass is 358 g/mol. The van der Waals surface area contributed by atoms with E-state index in [1.165, 1.54) is 6.42 Å². The highest BCUT2D eigenvalue weighted by atomic mass is 16.6. The van der Waals surface area contributed by atoms with E-state index >= 15 is 0 Å². The van der Waals surface area contributed by atoms with Crippen LogP contribution in [0.4, 0.5) is 0 Å². The minimum absolute atomic E-state index is 0.393. The van der Waals surface area contributed by atoms with Gasteiger partial charge in [0.2, 0.25) is 0 Å². The van der Waals surface area contributed by atoms with Crippen molar-refractivity contribution in [3.63, 3.8) is 0 Å². The highest BCUT2D eigenvalue weighted by Gasteiger charge is 2.57. The summed E-state index contributed by atoms with van der Waals surface area (Å²) in [6, 6.07) is 0. The summed E-state index contributed by atoms with van der Waals surface area (Å²) >= 11 is 0. The van der Waals surface area contributed by atoms with Crippen molar-refractivity contribution < 1.29 is 39.2 Å². The maximum Gasteiger partial charge on any atom is 0.344 e. The average Bonchev–Trinajstić information content (AvgIpc) is 2.57. The van der Waals surface area contributed by atoms with Crippen molar-refractivity contribution in [2.75, 3.05) is 19.8 Å². The van der Waals surface area contributed by atoms with Crippen LogP contribution in [0.25, 0.3) is 0 Å². The van der Waals surface area contributed by atoms with Crippen molar-refractivity contribution in [1.82, 2.24) is 0 Å². The SMILES string of the molecule is CC1(OC(=O)COC(=O)CO)C2CC3CC(C2)CC1C3.O=C(O)CO. The fourth-order valence-electron chi connectivity index (χ4n) is 4.75. The molecule has 4 rings (SSSR count). The summed E-state index contributed by atoms with van der Waals surface area (Å²) in [5, 5.41) is 23.6. The normalized spacial score (nSPS) is 34.7. The van der Waals surface area contributed by atoms with Crippen LogP contribution in [0.1, 0.15) is 39.0 Å². The number of rotatable bonds is 5. The zero-order valence-electron chi connectivity index (χ0n) is 14.3. The van der Waals surface area contributed by atoms with Crippen LogP contribution < -0.4 is 0 Å². The molecule has 0 saturated heterocycles. The number of hydrogen-bond donors (Lipinski definition) is 3. The third kappa shape index (κ3) is 4.70. The van der Waals surface area contributed by atoms with Gasteiger partial charge in [-0.05, 0) is 62.7 Å². The summed E-state index contributed by atoms with van der Waals surface area (Å²) in [4.78, 5) is 31.9. The molecule has 4 bridgehead atoms. The summed E-state index contributed by atoms with van der Waals surface area (Å²) in [6.07, 6.45) is 5.99. The summed E-state index contributed by atoms with van der Waals surface area (Å²) in [5.41, 5.74) is -0.393. The minimum atomic E-state index is -1.19. The average molecular weight is 358 g/mol. The molecule has 0 radical (unpaired) electrons. The van der Waals surface area contributed by atoms with Crippen LogP contribution in [0.5, 0.6) is 0 Å². The number of carbonyl (C=O) groups excluding carboxylic acids is 2. The molecular formula is C17H26O8. The van der Waals surface area contributed by atoms with E-state index in [1.807, 2.05) is 6.92 Å². The zero-order valence-corrected chi connectivity index (χ0v) is 14.3. The number of hydrogen-bond acceptors (Lipinski definition) is 7. The maximum absolute atomic E-state index is 11.9. The lowest BCUT2D eigenvalue weighted by atomic mass is 9.50. The van der Waals surface area contributed by atoms with Crippen LogP contribution in [-0.2, 0) is 23.9 Å². The van der Waals surface area contributed by atoms with Crippen molar-refractivity contribution in [3.05, 3.63) is 0 Å². The van der Waals surface area contributed by atoms with Gasteiger partial charge >= 0.3 is 17.9 Å². The van der Waals surface area contributed by atoms with Crippen molar-refractivity contribution in [2.45, 2.75) is 44.6 Å². The molecule has 8 nitrogen and oxygen atoms in total. The Morgan fingerprint density at radius 3 is 1.80 bits per heavy atom. The molecule has 0 spiro atoms. The minimum Gasteiger partial charge on any atom is -0.480 e. The molecular weight excluding hydrogens is 332 g/mol. The number of aliphatic hydroxyl groups is 2. The van der Waals surface area contributed by atoms with Gasteiger partial charge < -0.3 is 24.8 Å². The van der Waals surface area contributed by atoms with Gasteiger partial charge in [0.05, 0.1) is 0 Å². The Morgan fingerprint density at radius 2 is 1.40 bits per heavy atom. The van der Waals surface area contributed by atoms with Crippen LogP contribution in [0.3, 0.4) is 0 Å². The van der Waals surface area contributed by atoms with Gasteiger partial charge in [0.15, 0.2) is 6.61 Å². The topological polar surface area (TPSA) is 130 Å². The van der Waals surface area contributed by atoms with Crippen LogP contribution in [-0.4, -0.2) is 58.6 Å². The Kier molecular flexibility index (Phi) is 6.40. The molecule has 0 aromatic heterocycles. The second-order valence-electron chi connectivity index (χ2n) is 7.33. The van der Waals surface area contributed by atoms with Gasteiger partial charge in [-0.2, -0.15) is 0 Å². The number of carboxylic acid groups (broad SMARTS) is 1. The molecule has 4 aliphatic rings. The van der Waals surface area contributed by atoms with Crippen LogP contribution >= 0.6 is 0 Å². The van der Waals surface area contributed by atoms with Crippen molar-refractivity contribution in [1.29, 1.82) is 0 Å². The highest BCUT2D eigenvalue weighted by Crippen LogP contribution is 2.59. The van der Waals surface area contributed by atoms with Crippen LogP contribution in [0.2, 0.25) is 0 Å². The van der Waals surface area contributed by atoms with E-state index < -0.39 is 43.3 Å². The summed E-state index contributed by atoms with van der Waals surface area (Å²) < 4.78 is 10.3. The molecule has 8 heteroatoms.